The fourth-order valence-corrected chi connectivity index (χ4v) is 0.637. The van der Waals surface area contributed by atoms with Crippen LogP contribution >= 0.6 is 0 Å². The molecule has 0 aliphatic carbocycles. The molecular formula is C9H17NO5. The zero-order valence-corrected chi connectivity index (χ0v) is 8.84. The molecule has 0 fully saturated rings. The molecule has 6 nitrogen and oxygen atoms in total. The molecule has 0 aromatic rings. The van der Waals surface area contributed by atoms with Crippen LogP contribution in [0.5, 0.6) is 0 Å². The van der Waals surface area contributed by atoms with Crippen LogP contribution in [0.4, 0.5) is 0 Å². The predicted octanol–water partition coefficient (Wildman–Crippen LogP) is -0.892. The van der Waals surface area contributed by atoms with E-state index in [9.17, 15) is 4.79 Å². The van der Waals surface area contributed by atoms with Crippen LogP contribution in [-0.2, 0) is 14.3 Å². The molecule has 0 aromatic heterocycles. The second-order valence-electron chi connectivity index (χ2n) is 3.19. The van der Waals surface area contributed by atoms with E-state index in [4.69, 9.17) is 25.4 Å². The maximum atomic E-state index is 10.8. The number of hydrogen-bond acceptors (Lipinski definition) is 5. The van der Waals surface area contributed by atoms with E-state index in [1.807, 2.05) is 0 Å². The van der Waals surface area contributed by atoms with Crippen molar-refractivity contribution in [2.24, 2.45) is 5.73 Å². The fourth-order valence-electron chi connectivity index (χ4n) is 0.637. The number of primary amides is 1. The molecule has 0 aliphatic heterocycles. The van der Waals surface area contributed by atoms with Gasteiger partial charge in [0.05, 0.1) is 12.2 Å². The van der Waals surface area contributed by atoms with Gasteiger partial charge < -0.3 is 25.4 Å². The first-order chi connectivity index (χ1) is 6.93. The molecule has 88 valence electrons. The standard InChI is InChI=1S/C9H17NO5/c1-6(11)3-14-5-8(9(10)13)15-4-7(2)12/h5-7,11-12H,3-4H2,1-2H3,(H2,10,13). The van der Waals surface area contributed by atoms with Crippen molar-refractivity contribution in [3.8, 4) is 0 Å². The van der Waals surface area contributed by atoms with Crippen molar-refractivity contribution >= 4 is 5.91 Å². The van der Waals surface area contributed by atoms with Crippen molar-refractivity contribution in [3.05, 3.63) is 12.0 Å². The van der Waals surface area contributed by atoms with Gasteiger partial charge in [0, 0.05) is 0 Å². The lowest BCUT2D eigenvalue weighted by Gasteiger charge is -2.09. The minimum absolute atomic E-state index is 0.0365. The van der Waals surface area contributed by atoms with E-state index in [1.165, 1.54) is 13.8 Å². The Morgan fingerprint density at radius 1 is 1.33 bits per heavy atom. The van der Waals surface area contributed by atoms with Gasteiger partial charge in [-0.15, -0.1) is 0 Å². The second-order valence-corrected chi connectivity index (χ2v) is 3.19. The van der Waals surface area contributed by atoms with Crippen molar-refractivity contribution in [2.45, 2.75) is 26.1 Å². The van der Waals surface area contributed by atoms with Crippen molar-refractivity contribution in [3.63, 3.8) is 0 Å². The van der Waals surface area contributed by atoms with E-state index in [-0.39, 0.29) is 19.0 Å². The maximum Gasteiger partial charge on any atom is 0.287 e. The quantitative estimate of drug-likeness (QED) is 0.381. The highest BCUT2D eigenvalue weighted by Gasteiger charge is 2.08. The largest absolute Gasteiger partial charge is 0.494 e. The van der Waals surface area contributed by atoms with Gasteiger partial charge in [-0.1, -0.05) is 0 Å². The average molecular weight is 219 g/mol. The van der Waals surface area contributed by atoms with Gasteiger partial charge in [-0.2, -0.15) is 0 Å². The number of carbonyl (C=O) groups excluding carboxylic acids is 1. The molecule has 4 N–H and O–H groups in total. The van der Waals surface area contributed by atoms with Crippen molar-refractivity contribution in [1.82, 2.24) is 0 Å². The zero-order chi connectivity index (χ0) is 11.8. The first-order valence-electron chi connectivity index (χ1n) is 4.54. The highest BCUT2D eigenvalue weighted by Crippen LogP contribution is 1.99. The Labute approximate surface area is 88.3 Å². The Kier molecular flexibility index (Phi) is 6.48. The number of rotatable bonds is 7. The van der Waals surface area contributed by atoms with E-state index >= 15 is 0 Å². The molecule has 6 heteroatoms. The molecular weight excluding hydrogens is 202 g/mol. The van der Waals surface area contributed by atoms with Gasteiger partial charge in [0.15, 0.2) is 0 Å². The molecule has 0 aliphatic rings. The van der Waals surface area contributed by atoms with Crippen LogP contribution < -0.4 is 5.73 Å². The number of carbonyl (C=O) groups is 1. The van der Waals surface area contributed by atoms with Crippen LogP contribution in [0.3, 0.4) is 0 Å². The Morgan fingerprint density at radius 3 is 2.27 bits per heavy atom. The minimum atomic E-state index is -0.791. The van der Waals surface area contributed by atoms with Gasteiger partial charge in [0.2, 0.25) is 5.76 Å². The SMILES string of the molecule is CC(O)COC=C(OCC(C)O)C(N)=O. The van der Waals surface area contributed by atoms with E-state index in [2.05, 4.69) is 0 Å². The van der Waals surface area contributed by atoms with Gasteiger partial charge in [0.25, 0.3) is 5.91 Å². The fraction of sp³-hybridized carbons (Fsp3) is 0.667. The monoisotopic (exact) mass is 219 g/mol. The number of nitrogens with two attached hydrogens (primary N) is 1. The topological polar surface area (TPSA) is 102 Å². The van der Waals surface area contributed by atoms with E-state index in [0.717, 1.165) is 6.26 Å². The third-order valence-corrected chi connectivity index (χ3v) is 1.25. The highest BCUT2D eigenvalue weighted by atomic mass is 16.5. The molecule has 0 rings (SSSR count). The summed E-state index contributed by atoms with van der Waals surface area (Å²) in [6.07, 6.45) is -0.325. The van der Waals surface area contributed by atoms with E-state index in [1.54, 1.807) is 0 Å². The summed E-state index contributed by atoms with van der Waals surface area (Å²) in [5, 5.41) is 17.8. The molecule has 0 spiro atoms. The van der Waals surface area contributed by atoms with Gasteiger partial charge in [-0.05, 0) is 13.8 Å². The molecule has 2 unspecified atom stereocenters. The number of amides is 1. The van der Waals surface area contributed by atoms with Gasteiger partial charge in [-0.3, -0.25) is 4.79 Å². The molecule has 2 atom stereocenters. The zero-order valence-electron chi connectivity index (χ0n) is 8.84. The molecule has 0 heterocycles. The van der Waals surface area contributed by atoms with Crippen molar-refractivity contribution < 1.29 is 24.5 Å². The third-order valence-electron chi connectivity index (χ3n) is 1.25. The minimum Gasteiger partial charge on any atom is -0.494 e. The van der Waals surface area contributed by atoms with Gasteiger partial charge >= 0.3 is 0 Å². The lowest BCUT2D eigenvalue weighted by atomic mass is 10.4. The summed E-state index contributed by atoms with van der Waals surface area (Å²) >= 11 is 0. The number of aliphatic hydroxyl groups is 2. The van der Waals surface area contributed by atoms with Crippen LogP contribution in [0.2, 0.25) is 0 Å². The van der Waals surface area contributed by atoms with Crippen molar-refractivity contribution in [1.29, 1.82) is 0 Å². The first-order valence-corrected chi connectivity index (χ1v) is 4.54. The molecule has 0 saturated carbocycles. The van der Waals surface area contributed by atoms with E-state index in [0.29, 0.717) is 0 Å². The predicted molar refractivity (Wildman–Crippen MR) is 52.5 cm³/mol. The number of hydrogen-bond donors (Lipinski definition) is 3. The molecule has 0 radical (unpaired) electrons. The van der Waals surface area contributed by atoms with Crippen LogP contribution in [0.1, 0.15) is 13.8 Å². The maximum absolute atomic E-state index is 10.8. The Hall–Kier alpha value is -1.27. The summed E-state index contributed by atoms with van der Waals surface area (Å²) in [4.78, 5) is 10.8. The average Bonchev–Trinajstić information content (AvgIpc) is 2.09. The Bertz CT molecular complexity index is 225. The summed E-state index contributed by atoms with van der Waals surface area (Å²) in [5.41, 5.74) is 4.98. The normalized spacial score (nSPS) is 15.6. The molecule has 0 saturated heterocycles. The third kappa shape index (κ3) is 7.77. The number of aliphatic hydroxyl groups excluding tert-OH is 2. The van der Waals surface area contributed by atoms with Gasteiger partial charge in [-0.25, -0.2) is 0 Å². The summed E-state index contributed by atoms with van der Waals surface area (Å²) in [7, 11) is 0. The summed E-state index contributed by atoms with van der Waals surface area (Å²) in [6.45, 7) is 3.03. The van der Waals surface area contributed by atoms with Crippen LogP contribution in [0.25, 0.3) is 0 Å². The summed E-state index contributed by atoms with van der Waals surface area (Å²) in [5.74, 6) is -0.974. The molecule has 0 aromatic carbocycles. The first kappa shape index (κ1) is 13.7. The molecule has 15 heavy (non-hydrogen) atoms. The molecule has 1 amide bonds. The van der Waals surface area contributed by atoms with Crippen LogP contribution in [0, 0.1) is 0 Å². The van der Waals surface area contributed by atoms with E-state index < -0.39 is 18.1 Å². The van der Waals surface area contributed by atoms with Crippen LogP contribution in [0.15, 0.2) is 12.0 Å². The lowest BCUT2D eigenvalue weighted by molar-refractivity contribution is -0.118. The summed E-state index contributed by atoms with van der Waals surface area (Å²) in [6, 6.07) is 0. The Balaban J connectivity index is 4.08. The number of ether oxygens (including phenoxy) is 2. The summed E-state index contributed by atoms with van der Waals surface area (Å²) < 4.78 is 9.71. The van der Waals surface area contributed by atoms with Crippen LogP contribution in [-0.4, -0.2) is 41.5 Å². The second kappa shape index (κ2) is 7.08. The van der Waals surface area contributed by atoms with Crippen molar-refractivity contribution in [2.75, 3.05) is 13.2 Å². The highest BCUT2D eigenvalue weighted by molar-refractivity contribution is 5.89. The van der Waals surface area contributed by atoms with Gasteiger partial charge in [0.1, 0.15) is 19.5 Å². The smallest absolute Gasteiger partial charge is 0.287 e. The lowest BCUT2D eigenvalue weighted by Crippen LogP contribution is -2.20. The Morgan fingerprint density at radius 2 is 1.87 bits per heavy atom. The molecule has 0 bridgehead atoms.